The van der Waals surface area contributed by atoms with E-state index in [9.17, 15) is 0 Å². The number of hydrogen-bond donors (Lipinski definition) is 0. The molecule has 0 N–H and O–H groups in total. The fourth-order valence-corrected chi connectivity index (χ4v) is 3.09. The van der Waals surface area contributed by atoms with Gasteiger partial charge in [-0.2, -0.15) is 5.10 Å². The van der Waals surface area contributed by atoms with E-state index in [1.807, 2.05) is 22.7 Å². The summed E-state index contributed by atoms with van der Waals surface area (Å²) in [5.74, 6) is 0. The average Bonchev–Trinajstić information content (AvgIpc) is 3.06. The van der Waals surface area contributed by atoms with E-state index in [0.717, 1.165) is 27.7 Å². The van der Waals surface area contributed by atoms with Crippen molar-refractivity contribution < 1.29 is 0 Å². The van der Waals surface area contributed by atoms with Crippen LogP contribution in [0.1, 0.15) is 0 Å². The highest BCUT2D eigenvalue weighted by molar-refractivity contribution is 5.95. The summed E-state index contributed by atoms with van der Waals surface area (Å²) in [7, 11) is 0. The molecule has 0 aliphatic carbocycles. The molecule has 0 aliphatic rings. The third-order valence-electron chi connectivity index (χ3n) is 4.27. The van der Waals surface area contributed by atoms with Crippen LogP contribution < -0.4 is 0 Å². The SMILES string of the molecule is c1ccc2cc(-c3cc4c5ccccc5ncn4n3)ccc2c1. The van der Waals surface area contributed by atoms with Gasteiger partial charge in [-0.1, -0.05) is 54.6 Å². The molecule has 5 rings (SSSR count). The molecular formula is C20H13N3. The van der Waals surface area contributed by atoms with Crippen molar-refractivity contribution in [3.05, 3.63) is 79.1 Å². The van der Waals surface area contributed by atoms with Gasteiger partial charge in [0.2, 0.25) is 0 Å². The van der Waals surface area contributed by atoms with Crippen LogP contribution in [0.4, 0.5) is 0 Å². The lowest BCUT2D eigenvalue weighted by molar-refractivity contribution is 0.938. The zero-order valence-corrected chi connectivity index (χ0v) is 12.3. The lowest BCUT2D eigenvalue weighted by Gasteiger charge is -2.00. The van der Waals surface area contributed by atoms with E-state index in [-0.39, 0.29) is 0 Å². The molecule has 0 saturated carbocycles. The molecule has 2 heterocycles. The van der Waals surface area contributed by atoms with Gasteiger partial charge in [0.05, 0.1) is 16.7 Å². The minimum absolute atomic E-state index is 0.967. The molecule has 5 aromatic rings. The molecule has 0 bridgehead atoms. The summed E-state index contributed by atoms with van der Waals surface area (Å²) < 4.78 is 1.85. The fourth-order valence-electron chi connectivity index (χ4n) is 3.09. The first kappa shape index (κ1) is 12.4. The molecule has 108 valence electrons. The maximum absolute atomic E-state index is 4.69. The van der Waals surface area contributed by atoms with Crippen LogP contribution in [0.15, 0.2) is 79.1 Å². The minimum Gasteiger partial charge on any atom is -0.236 e. The highest BCUT2D eigenvalue weighted by atomic mass is 15.2. The van der Waals surface area contributed by atoms with Crippen LogP contribution in [0.3, 0.4) is 0 Å². The Morgan fingerprint density at radius 1 is 0.739 bits per heavy atom. The molecule has 0 saturated heterocycles. The predicted molar refractivity (Wildman–Crippen MR) is 93.4 cm³/mol. The van der Waals surface area contributed by atoms with E-state index in [1.165, 1.54) is 10.8 Å². The summed E-state index contributed by atoms with van der Waals surface area (Å²) in [6.07, 6.45) is 1.78. The van der Waals surface area contributed by atoms with Gasteiger partial charge in [0.1, 0.15) is 6.33 Å². The molecule has 0 fully saturated rings. The first-order valence-corrected chi connectivity index (χ1v) is 7.61. The van der Waals surface area contributed by atoms with Crippen molar-refractivity contribution in [2.45, 2.75) is 0 Å². The van der Waals surface area contributed by atoms with Gasteiger partial charge in [-0.05, 0) is 29.0 Å². The van der Waals surface area contributed by atoms with E-state index in [0.29, 0.717) is 0 Å². The Kier molecular flexibility index (Phi) is 2.50. The summed E-state index contributed by atoms with van der Waals surface area (Å²) in [5, 5.41) is 8.28. The maximum Gasteiger partial charge on any atom is 0.118 e. The highest BCUT2D eigenvalue weighted by Crippen LogP contribution is 2.26. The van der Waals surface area contributed by atoms with Crippen molar-refractivity contribution in [3.8, 4) is 11.3 Å². The third-order valence-corrected chi connectivity index (χ3v) is 4.27. The smallest absolute Gasteiger partial charge is 0.118 e. The van der Waals surface area contributed by atoms with Crippen molar-refractivity contribution in [3.63, 3.8) is 0 Å². The zero-order chi connectivity index (χ0) is 15.2. The van der Waals surface area contributed by atoms with Gasteiger partial charge in [0.25, 0.3) is 0 Å². The van der Waals surface area contributed by atoms with Gasteiger partial charge in [0, 0.05) is 10.9 Å². The van der Waals surface area contributed by atoms with Crippen molar-refractivity contribution in [2.24, 2.45) is 0 Å². The lowest BCUT2D eigenvalue weighted by atomic mass is 10.0. The summed E-state index contributed by atoms with van der Waals surface area (Å²) in [4.78, 5) is 4.47. The van der Waals surface area contributed by atoms with Gasteiger partial charge in [-0.15, -0.1) is 0 Å². The first-order valence-electron chi connectivity index (χ1n) is 7.61. The summed E-state index contributed by atoms with van der Waals surface area (Å²) in [5.41, 5.74) is 4.16. The minimum atomic E-state index is 0.967. The number of aromatic nitrogens is 3. The molecule has 2 aromatic heterocycles. The van der Waals surface area contributed by atoms with E-state index >= 15 is 0 Å². The Morgan fingerprint density at radius 2 is 1.57 bits per heavy atom. The van der Waals surface area contributed by atoms with Gasteiger partial charge in [-0.3, -0.25) is 0 Å². The summed E-state index contributed by atoms with van der Waals surface area (Å²) in [6.45, 7) is 0. The average molecular weight is 295 g/mol. The number of hydrogen-bond acceptors (Lipinski definition) is 2. The van der Waals surface area contributed by atoms with Crippen LogP contribution in [0.5, 0.6) is 0 Å². The van der Waals surface area contributed by atoms with Crippen molar-refractivity contribution in [2.75, 3.05) is 0 Å². The third kappa shape index (κ3) is 1.90. The second kappa shape index (κ2) is 4.65. The molecule has 0 atom stereocenters. The number of nitrogens with zero attached hydrogens (tertiary/aromatic N) is 3. The largest absolute Gasteiger partial charge is 0.236 e. The van der Waals surface area contributed by atoms with Crippen LogP contribution in [0.25, 0.3) is 38.4 Å². The zero-order valence-electron chi connectivity index (χ0n) is 12.3. The van der Waals surface area contributed by atoms with Crippen LogP contribution in [-0.4, -0.2) is 14.6 Å². The van der Waals surface area contributed by atoms with Crippen LogP contribution in [0, 0.1) is 0 Å². The molecule has 3 nitrogen and oxygen atoms in total. The van der Waals surface area contributed by atoms with Crippen molar-refractivity contribution in [1.29, 1.82) is 0 Å². The normalized spacial score (nSPS) is 11.5. The van der Waals surface area contributed by atoms with E-state index in [2.05, 4.69) is 59.6 Å². The van der Waals surface area contributed by atoms with E-state index in [1.54, 1.807) is 6.33 Å². The Labute approximate surface area is 132 Å². The molecule has 3 heteroatoms. The Balaban J connectivity index is 1.76. The van der Waals surface area contributed by atoms with Crippen LogP contribution in [-0.2, 0) is 0 Å². The lowest BCUT2D eigenvalue weighted by Crippen LogP contribution is -1.90. The summed E-state index contributed by atoms with van der Waals surface area (Å²) in [6, 6.07) is 25.1. The monoisotopic (exact) mass is 295 g/mol. The molecular weight excluding hydrogens is 282 g/mol. The molecule has 0 unspecified atom stereocenters. The Hall–Kier alpha value is -3.20. The van der Waals surface area contributed by atoms with Gasteiger partial charge in [-0.25, -0.2) is 9.50 Å². The molecule has 23 heavy (non-hydrogen) atoms. The highest BCUT2D eigenvalue weighted by Gasteiger charge is 2.08. The second-order valence-electron chi connectivity index (χ2n) is 5.68. The molecule has 3 aromatic carbocycles. The first-order chi connectivity index (χ1) is 11.4. The van der Waals surface area contributed by atoms with Crippen LogP contribution in [0.2, 0.25) is 0 Å². The Morgan fingerprint density at radius 3 is 2.52 bits per heavy atom. The molecule has 0 aliphatic heterocycles. The van der Waals surface area contributed by atoms with Gasteiger partial charge in [0.15, 0.2) is 0 Å². The summed E-state index contributed by atoms with van der Waals surface area (Å²) >= 11 is 0. The molecule has 0 amide bonds. The van der Waals surface area contributed by atoms with Crippen molar-refractivity contribution >= 4 is 27.2 Å². The number of rotatable bonds is 1. The van der Waals surface area contributed by atoms with Gasteiger partial charge < -0.3 is 0 Å². The standard InChI is InChI=1S/C20H13N3/c1-2-6-15-11-16(10-9-14(15)5-1)19-12-20-17-7-3-4-8-18(17)21-13-23(20)22-19/h1-13H. The second-order valence-corrected chi connectivity index (χ2v) is 5.68. The fraction of sp³-hybridized carbons (Fsp3) is 0. The number of para-hydroxylation sites is 1. The quantitative estimate of drug-likeness (QED) is 0.448. The van der Waals surface area contributed by atoms with Gasteiger partial charge >= 0.3 is 0 Å². The predicted octanol–water partition coefficient (Wildman–Crippen LogP) is 4.70. The number of benzene rings is 3. The maximum atomic E-state index is 4.69. The molecule has 0 radical (unpaired) electrons. The van der Waals surface area contributed by atoms with Crippen LogP contribution >= 0.6 is 0 Å². The molecule has 0 spiro atoms. The van der Waals surface area contributed by atoms with E-state index < -0.39 is 0 Å². The van der Waals surface area contributed by atoms with E-state index in [4.69, 9.17) is 5.10 Å². The topological polar surface area (TPSA) is 30.2 Å². The van der Waals surface area contributed by atoms with Crippen molar-refractivity contribution in [1.82, 2.24) is 14.6 Å². The Bertz CT molecular complexity index is 1170. The number of fused-ring (bicyclic) bond motifs is 4.